The van der Waals surface area contributed by atoms with Gasteiger partial charge in [-0.3, -0.25) is 9.69 Å². The van der Waals surface area contributed by atoms with E-state index in [2.05, 4.69) is 0 Å². The van der Waals surface area contributed by atoms with Crippen LogP contribution >= 0.6 is 24.0 Å². The Morgan fingerprint density at radius 3 is 2.37 bits per heavy atom. The molecule has 0 unspecified atom stereocenters. The number of benzene rings is 1. The summed E-state index contributed by atoms with van der Waals surface area (Å²) < 4.78 is 17.7. The van der Waals surface area contributed by atoms with Gasteiger partial charge in [-0.2, -0.15) is 0 Å². The summed E-state index contributed by atoms with van der Waals surface area (Å²) in [4.78, 5) is 15.8. The summed E-state index contributed by atoms with van der Waals surface area (Å²) in [6.07, 6.45) is 11.1. The lowest BCUT2D eigenvalue weighted by molar-refractivity contribution is -0.123. The Bertz CT molecular complexity index is 1060. The quantitative estimate of drug-likeness (QED) is 0.331. The van der Waals surface area contributed by atoms with E-state index in [0.717, 1.165) is 36.8 Å². The largest absolute Gasteiger partial charge is 0.497 e. The van der Waals surface area contributed by atoms with Crippen molar-refractivity contribution in [3.63, 3.8) is 0 Å². The fourth-order valence-corrected chi connectivity index (χ4v) is 6.10. The molecule has 2 aromatic rings. The zero-order chi connectivity index (χ0) is 24.8. The number of amides is 1. The number of carbonyl (C=O) groups is 1. The van der Waals surface area contributed by atoms with E-state index in [1.807, 2.05) is 29.2 Å². The summed E-state index contributed by atoms with van der Waals surface area (Å²) in [5, 5.41) is 9.40. The first-order valence-electron chi connectivity index (χ1n) is 12.3. The average molecular weight is 516 g/mol. The third kappa shape index (κ3) is 6.11. The minimum atomic E-state index is -0.0281. The van der Waals surface area contributed by atoms with Crippen LogP contribution in [0.4, 0.5) is 0 Å². The van der Waals surface area contributed by atoms with E-state index in [4.69, 9.17) is 26.1 Å². The predicted molar refractivity (Wildman–Crippen MR) is 144 cm³/mol. The van der Waals surface area contributed by atoms with Crippen molar-refractivity contribution in [3.05, 3.63) is 40.5 Å². The maximum absolute atomic E-state index is 13.4. The highest BCUT2D eigenvalue weighted by Crippen LogP contribution is 2.39. The number of ether oxygens (including phenoxy) is 2. The molecule has 2 fully saturated rings. The maximum Gasteiger partial charge on any atom is 0.266 e. The number of thiocarbonyl (C=S) groups is 1. The molecule has 1 N–H and O–H groups in total. The molecule has 0 spiro atoms. The Morgan fingerprint density at radius 2 is 1.74 bits per heavy atom. The molecule has 35 heavy (non-hydrogen) atoms. The molecule has 4 rings (SSSR count). The third-order valence-corrected chi connectivity index (χ3v) is 7.94. The lowest BCUT2D eigenvalue weighted by atomic mass is 9.96. The number of aliphatic hydroxyl groups is 1. The van der Waals surface area contributed by atoms with Crippen LogP contribution in [-0.2, 0) is 11.2 Å². The smallest absolute Gasteiger partial charge is 0.266 e. The number of methoxy groups -OCH3 is 2. The maximum atomic E-state index is 13.4. The summed E-state index contributed by atoms with van der Waals surface area (Å²) >= 11 is 7.00. The van der Waals surface area contributed by atoms with E-state index in [1.54, 1.807) is 20.3 Å². The van der Waals surface area contributed by atoms with E-state index < -0.39 is 0 Å². The highest BCUT2D eigenvalue weighted by Gasteiger charge is 2.37. The van der Waals surface area contributed by atoms with Crippen LogP contribution in [0, 0.1) is 0 Å². The predicted octanol–water partition coefficient (Wildman–Crippen LogP) is 6.20. The molecule has 2 aliphatic rings. The van der Waals surface area contributed by atoms with Gasteiger partial charge in [-0.25, -0.2) is 0 Å². The van der Waals surface area contributed by atoms with Crippen molar-refractivity contribution in [1.29, 1.82) is 0 Å². The van der Waals surface area contributed by atoms with Gasteiger partial charge in [0.2, 0.25) is 0 Å². The minimum Gasteiger partial charge on any atom is -0.497 e. The molecule has 6 nitrogen and oxygen atoms in total. The van der Waals surface area contributed by atoms with Crippen LogP contribution in [0.15, 0.2) is 33.6 Å². The number of hydrogen-bond donors (Lipinski definition) is 1. The Morgan fingerprint density at radius 1 is 1.09 bits per heavy atom. The molecular formula is C27H33NO5S2. The monoisotopic (exact) mass is 515 g/mol. The van der Waals surface area contributed by atoms with Crippen LogP contribution in [0.25, 0.3) is 17.4 Å². The fourth-order valence-electron chi connectivity index (χ4n) is 4.73. The number of carbonyl (C=O) groups excluding carboxylic acids is 1. The van der Waals surface area contributed by atoms with Gasteiger partial charge in [0, 0.05) is 30.4 Å². The van der Waals surface area contributed by atoms with Crippen molar-refractivity contribution in [2.24, 2.45) is 0 Å². The molecule has 0 atom stereocenters. The first kappa shape index (κ1) is 25.8. The number of thioether (sulfide) groups is 1. The van der Waals surface area contributed by atoms with Crippen molar-refractivity contribution >= 4 is 40.3 Å². The fraction of sp³-hybridized carbons (Fsp3) is 0.481. The molecule has 0 radical (unpaired) electrons. The average Bonchev–Trinajstić information content (AvgIpc) is 3.37. The van der Waals surface area contributed by atoms with Gasteiger partial charge in [0.1, 0.15) is 27.3 Å². The summed E-state index contributed by atoms with van der Waals surface area (Å²) in [7, 11) is 3.22. The van der Waals surface area contributed by atoms with Crippen LogP contribution in [0.3, 0.4) is 0 Å². The number of rotatable bonds is 8. The molecular weight excluding hydrogens is 482 g/mol. The highest BCUT2D eigenvalue weighted by atomic mass is 32.2. The van der Waals surface area contributed by atoms with E-state index in [-0.39, 0.29) is 18.6 Å². The Labute approximate surface area is 216 Å². The molecule has 2 heterocycles. The Kier molecular flexibility index (Phi) is 8.92. The van der Waals surface area contributed by atoms with Crippen molar-refractivity contribution in [3.8, 4) is 22.8 Å². The number of aryl methyl sites for hydroxylation is 1. The van der Waals surface area contributed by atoms with Crippen LogP contribution in [-0.4, -0.2) is 47.1 Å². The molecule has 1 aliphatic carbocycles. The lowest BCUT2D eigenvalue weighted by Gasteiger charge is -2.28. The topological polar surface area (TPSA) is 72.1 Å². The second-order valence-electron chi connectivity index (χ2n) is 8.98. The normalized spacial score (nSPS) is 18.7. The molecule has 1 aromatic heterocycles. The molecule has 1 aliphatic heterocycles. The van der Waals surface area contributed by atoms with E-state index in [9.17, 15) is 9.90 Å². The number of aliphatic hydroxyl groups excluding tert-OH is 1. The summed E-state index contributed by atoms with van der Waals surface area (Å²) in [6, 6.07) is 7.72. The Balaban J connectivity index is 1.65. The van der Waals surface area contributed by atoms with Crippen molar-refractivity contribution < 1.29 is 23.8 Å². The van der Waals surface area contributed by atoms with E-state index >= 15 is 0 Å². The molecule has 1 saturated heterocycles. The molecule has 0 bridgehead atoms. The lowest BCUT2D eigenvalue weighted by Crippen LogP contribution is -2.39. The van der Waals surface area contributed by atoms with E-state index in [1.165, 1.54) is 31.0 Å². The van der Waals surface area contributed by atoms with Crippen molar-refractivity contribution in [1.82, 2.24) is 4.90 Å². The summed E-state index contributed by atoms with van der Waals surface area (Å²) in [6.45, 7) is 0.0801. The van der Waals surface area contributed by atoms with Crippen molar-refractivity contribution in [2.75, 3.05) is 20.8 Å². The van der Waals surface area contributed by atoms with Gasteiger partial charge in [-0.15, -0.1) is 0 Å². The first-order valence-corrected chi connectivity index (χ1v) is 13.5. The van der Waals surface area contributed by atoms with Gasteiger partial charge in [0.05, 0.1) is 19.1 Å². The van der Waals surface area contributed by atoms with Gasteiger partial charge in [0.25, 0.3) is 5.91 Å². The van der Waals surface area contributed by atoms with Gasteiger partial charge < -0.3 is 19.0 Å². The van der Waals surface area contributed by atoms with Crippen LogP contribution in [0.2, 0.25) is 0 Å². The standard InChI is InChI=1S/C27H33NO5S2/c1-31-21-13-19(14-22(16-21)32-2)23-15-18(9-8-12-29)24(33-23)17-25-26(30)28(27(34)35-25)20-10-6-4-3-5-7-11-20/h13-17,20,29H,3-12H2,1-2H3/b25-17+. The number of hydrogen-bond acceptors (Lipinski definition) is 7. The molecule has 1 amide bonds. The van der Waals surface area contributed by atoms with Gasteiger partial charge in [-0.05, 0) is 49.4 Å². The van der Waals surface area contributed by atoms with Gasteiger partial charge in [0.15, 0.2) is 0 Å². The number of nitrogens with zero attached hydrogens (tertiary/aromatic N) is 1. The zero-order valence-electron chi connectivity index (χ0n) is 20.4. The molecule has 8 heteroatoms. The van der Waals surface area contributed by atoms with Gasteiger partial charge >= 0.3 is 0 Å². The third-order valence-electron chi connectivity index (χ3n) is 6.61. The van der Waals surface area contributed by atoms with Crippen LogP contribution in [0.5, 0.6) is 11.5 Å². The van der Waals surface area contributed by atoms with Crippen LogP contribution in [0.1, 0.15) is 62.7 Å². The van der Waals surface area contributed by atoms with Crippen molar-refractivity contribution in [2.45, 2.75) is 63.8 Å². The summed E-state index contributed by atoms with van der Waals surface area (Å²) in [5.74, 6) is 2.56. The zero-order valence-corrected chi connectivity index (χ0v) is 22.0. The molecule has 188 valence electrons. The second-order valence-corrected chi connectivity index (χ2v) is 10.7. The minimum absolute atomic E-state index is 0.0281. The van der Waals surface area contributed by atoms with E-state index in [0.29, 0.717) is 45.1 Å². The highest BCUT2D eigenvalue weighted by molar-refractivity contribution is 8.26. The SMILES string of the molecule is COc1cc(OC)cc(-c2cc(CCCO)c(/C=C3/SC(=S)N(C4CCCCCCC4)C3=O)o2)c1. The Hall–Kier alpha value is -2.29. The molecule has 1 saturated carbocycles. The summed E-state index contributed by atoms with van der Waals surface area (Å²) in [5.41, 5.74) is 1.75. The van der Waals surface area contributed by atoms with Crippen LogP contribution < -0.4 is 9.47 Å². The molecule has 1 aromatic carbocycles. The second kappa shape index (κ2) is 12.1. The first-order chi connectivity index (χ1) is 17.0. The number of furan rings is 1. The van der Waals surface area contributed by atoms with Gasteiger partial charge in [-0.1, -0.05) is 56.1 Å².